The monoisotopic (exact) mass is 457 g/mol. The largest absolute Gasteiger partial charge is 0.450 e. The minimum Gasteiger partial charge on any atom is -0.450 e. The second-order valence-electron chi connectivity index (χ2n) is 4.92. The van der Waals surface area contributed by atoms with Crippen LogP contribution in [0.1, 0.15) is 6.92 Å². The van der Waals surface area contributed by atoms with Crippen LogP contribution in [0.4, 0.5) is 4.79 Å². The number of carbonyl (C=O) groups excluding carboxylic acids is 2. The first-order valence-electron chi connectivity index (χ1n) is 7.75. The molecule has 1 aliphatic rings. The summed E-state index contributed by atoms with van der Waals surface area (Å²) in [7, 11) is 3.26. The first-order valence-corrected chi connectivity index (χ1v) is 7.75. The Morgan fingerprint density at radius 1 is 1.12 bits per heavy atom. The Hall–Kier alpha value is -1.30. The molecule has 140 valence electrons. The van der Waals surface area contributed by atoms with Gasteiger partial charge in [-0.2, -0.15) is 0 Å². The van der Waals surface area contributed by atoms with E-state index in [9.17, 15) is 9.59 Å². The summed E-state index contributed by atoms with van der Waals surface area (Å²) < 4.78 is 9.86. The van der Waals surface area contributed by atoms with Crippen molar-refractivity contribution in [3.05, 3.63) is 0 Å². The van der Waals surface area contributed by atoms with Gasteiger partial charge in [-0.1, -0.05) is 0 Å². The van der Waals surface area contributed by atoms with Gasteiger partial charge in [0.25, 0.3) is 0 Å². The highest BCUT2D eigenvalue weighted by atomic mass is 127. The van der Waals surface area contributed by atoms with Gasteiger partial charge in [0, 0.05) is 46.9 Å². The molecule has 0 radical (unpaired) electrons. The summed E-state index contributed by atoms with van der Waals surface area (Å²) in [6.07, 6.45) is -0.285. The van der Waals surface area contributed by atoms with Crippen LogP contribution in [0.25, 0.3) is 0 Å². The van der Waals surface area contributed by atoms with Crippen LogP contribution >= 0.6 is 24.0 Å². The summed E-state index contributed by atoms with van der Waals surface area (Å²) in [6.45, 7) is 5.70. The van der Waals surface area contributed by atoms with Crippen LogP contribution in [0.3, 0.4) is 0 Å². The van der Waals surface area contributed by atoms with Crippen molar-refractivity contribution in [2.45, 2.75) is 6.92 Å². The summed E-state index contributed by atoms with van der Waals surface area (Å²) in [6, 6.07) is 0. The lowest BCUT2D eigenvalue weighted by atomic mass is 10.3. The van der Waals surface area contributed by atoms with E-state index in [0.717, 1.165) is 0 Å². The maximum atomic E-state index is 11.7. The molecule has 0 unspecified atom stereocenters. The highest BCUT2D eigenvalue weighted by Gasteiger charge is 2.23. The maximum absolute atomic E-state index is 11.7. The average molecular weight is 457 g/mol. The van der Waals surface area contributed by atoms with Crippen LogP contribution in [0, 0.1) is 0 Å². The third-order valence-corrected chi connectivity index (χ3v) is 3.35. The molecule has 0 aliphatic carbocycles. The number of nitrogens with one attached hydrogen (secondary N) is 2. The second kappa shape index (κ2) is 13.0. The lowest BCUT2D eigenvalue weighted by molar-refractivity contribution is -0.120. The van der Waals surface area contributed by atoms with Crippen LogP contribution in [0.5, 0.6) is 0 Å². The van der Waals surface area contributed by atoms with Crippen molar-refractivity contribution in [1.82, 2.24) is 20.4 Å². The number of aliphatic imine (C=N–C) groups is 1. The third-order valence-electron chi connectivity index (χ3n) is 3.35. The van der Waals surface area contributed by atoms with E-state index in [1.807, 2.05) is 4.90 Å². The molecule has 10 heteroatoms. The molecule has 0 atom stereocenters. The topological polar surface area (TPSA) is 95.5 Å². The van der Waals surface area contributed by atoms with E-state index in [-0.39, 0.29) is 42.5 Å². The number of nitrogens with zero attached hydrogens (tertiary/aromatic N) is 3. The van der Waals surface area contributed by atoms with Crippen LogP contribution in [0.15, 0.2) is 4.99 Å². The zero-order valence-electron chi connectivity index (χ0n) is 14.5. The molecular formula is C14H28IN5O4. The van der Waals surface area contributed by atoms with Gasteiger partial charge in [0.05, 0.1) is 19.8 Å². The van der Waals surface area contributed by atoms with Crippen LogP contribution < -0.4 is 10.6 Å². The molecule has 1 heterocycles. The number of guanidine groups is 1. The quantitative estimate of drug-likeness (QED) is 0.247. The van der Waals surface area contributed by atoms with E-state index >= 15 is 0 Å². The molecule has 9 nitrogen and oxygen atoms in total. The summed E-state index contributed by atoms with van der Waals surface area (Å²) in [5.41, 5.74) is 0. The second-order valence-corrected chi connectivity index (χ2v) is 4.92. The van der Waals surface area contributed by atoms with Gasteiger partial charge >= 0.3 is 6.09 Å². The van der Waals surface area contributed by atoms with Crippen molar-refractivity contribution in [2.24, 2.45) is 4.99 Å². The number of piperazine rings is 1. The lowest BCUT2D eigenvalue weighted by Gasteiger charge is -2.35. The van der Waals surface area contributed by atoms with E-state index in [1.54, 1.807) is 26.0 Å². The number of amides is 2. The van der Waals surface area contributed by atoms with Gasteiger partial charge in [-0.15, -0.1) is 24.0 Å². The van der Waals surface area contributed by atoms with Gasteiger partial charge in [0.1, 0.15) is 0 Å². The van der Waals surface area contributed by atoms with Crippen LogP contribution in [-0.2, 0) is 14.3 Å². The van der Waals surface area contributed by atoms with Crippen molar-refractivity contribution in [2.75, 3.05) is 66.6 Å². The van der Waals surface area contributed by atoms with Gasteiger partial charge in [0.2, 0.25) is 5.91 Å². The molecule has 1 rings (SSSR count). The predicted octanol–water partition coefficient (Wildman–Crippen LogP) is -0.283. The SMILES string of the molecule is CCOC(=O)N1CCN(C(=NC)NCC(=O)NCCOC)CC1.I. The highest BCUT2D eigenvalue weighted by molar-refractivity contribution is 14.0. The van der Waals surface area contributed by atoms with E-state index in [2.05, 4.69) is 15.6 Å². The molecule has 1 fully saturated rings. The fourth-order valence-corrected chi connectivity index (χ4v) is 2.16. The Morgan fingerprint density at radius 2 is 1.75 bits per heavy atom. The Labute approximate surface area is 160 Å². The minimum absolute atomic E-state index is 0. The molecular weight excluding hydrogens is 429 g/mol. The van der Waals surface area contributed by atoms with Gasteiger partial charge in [-0.25, -0.2) is 4.79 Å². The van der Waals surface area contributed by atoms with Crippen molar-refractivity contribution in [3.63, 3.8) is 0 Å². The smallest absolute Gasteiger partial charge is 0.409 e. The Bertz CT molecular complexity index is 414. The average Bonchev–Trinajstić information content (AvgIpc) is 2.56. The molecule has 0 aromatic carbocycles. The number of hydrogen-bond donors (Lipinski definition) is 2. The van der Waals surface area contributed by atoms with Gasteiger partial charge in [-0.3, -0.25) is 9.79 Å². The van der Waals surface area contributed by atoms with E-state index in [4.69, 9.17) is 9.47 Å². The third kappa shape index (κ3) is 7.99. The molecule has 0 aromatic rings. The van der Waals surface area contributed by atoms with Gasteiger partial charge < -0.3 is 29.9 Å². The summed E-state index contributed by atoms with van der Waals surface area (Å²) >= 11 is 0. The van der Waals surface area contributed by atoms with E-state index in [0.29, 0.717) is 51.9 Å². The van der Waals surface area contributed by atoms with Gasteiger partial charge in [-0.05, 0) is 6.92 Å². The molecule has 0 aromatic heterocycles. The minimum atomic E-state index is -0.285. The van der Waals surface area contributed by atoms with E-state index in [1.165, 1.54) is 0 Å². The molecule has 1 saturated heterocycles. The number of ether oxygens (including phenoxy) is 2. The van der Waals surface area contributed by atoms with Gasteiger partial charge in [0.15, 0.2) is 5.96 Å². The highest BCUT2D eigenvalue weighted by Crippen LogP contribution is 2.04. The summed E-state index contributed by atoms with van der Waals surface area (Å²) in [5.74, 6) is 0.531. The fourth-order valence-electron chi connectivity index (χ4n) is 2.16. The summed E-state index contributed by atoms with van der Waals surface area (Å²) in [4.78, 5) is 31.2. The normalized spacial score (nSPS) is 14.7. The molecule has 0 bridgehead atoms. The molecule has 0 saturated carbocycles. The fraction of sp³-hybridized carbons (Fsp3) is 0.786. The van der Waals surface area contributed by atoms with E-state index < -0.39 is 0 Å². The Kier molecular flexibility index (Phi) is 12.3. The standard InChI is InChI=1S/C14H27N5O4.HI/c1-4-23-14(21)19-8-6-18(7-9-19)13(15-2)17-11-12(20)16-5-10-22-3;/h4-11H2,1-3H3,(H,15,17)(H,16,20);1H. The van der Waals surface area contributed by atoms with Crippen molar-refractivity contribution in [1.29, 1.82) is 0 Å². The zero-order chi connectivity index (χ0) is 17.1. The molecule has 0 spiro atoms. The van der Waals surface area contributed by atoms with Crippen molar-refractivity contribution in [3.8, 4) is 0 Å². The first kappa shape index (κ1) is 22.7. The number of hydrogen-bond acceptors (Lipinski definition) is 5. The molecule has 2 amide bonds. The molecule has 24 heavy (non-hydrogen) atoms. The maximum Gasteiger partial charge on any atom is 0.409 e. The zero-order valence-corrected chi connectivity index (χ0v) is 16.9. The van der Waals surface area contributed by atoms with Crippen molar-refractivity contribution >= 4 is 41.9 Å². The van der Waals surface area contributed by atoms with Crippen molar-refractivity contribution < 1.29 is 19.1 Å². The molecule has 1 aliphatic heterocycles. The Balaban J connectivity index is 0.00000529. The first-order chi connectivity index (χ1) is 11.1. The Morgan fingerprint density at radius 3 is 2.29 bits per heavy atom. The molecule has 2 N–H and O–H groups in total. The number of rotatable bonds is 6. The summed E-state index contributed by atoms with van der Waals surface area (Å²) in [5, 5.41) is 5.76. The lowest BCUT2D eigenvalue weighted by Crippen LogP contribution is -2.54. The van der Waals surface area contributed by atoms with Crippen LogP contribution in [0.2, 0.25) is 0 Å². The number of carbonyl (C=O) groups is 2. The predicted molar refractivity (Wildman–Crippen MR) is 102 cm³/mol. The number of halogens is 1. The van der Waals surface area contributed by atoms with Crippen LogP contribution in [-0.4, -0.2) is 94.4 Å². The number of methoxy groups -OCH3 is 1.